The van der Waals surface area contributed by atoms with Crippen LogP contribution in [0.25, 0.3) is 0 Å². The number of para-hydroxylation sites is 1. The monoisotopic (exact) mass is 557 g/mol. The highest BCUT2D eigenvalue weighted by Crippen LogP contribution is 2.27. The van der Waals surface area contributed by atoms with Crippen LogP contribution in [0.5, 0.6) is 0 Å². The van der Waals surface area contributed by atoms with Crippen molar-refractivity contribution < 1.29 is 18.0 Å². The molecule has 180 valence electrons. The summed E-state index contributed by atoms with van der Waals surface area (Å²) in [5, 5.41) is 3.05. The number of amides is 2. The topological polar surface area (TPSA) is 86.8 Å². The summed E-state index contributed by atoms with van der Waals surface area (Å²) < 4.78 is 26.9. The summed E-state index contributed by atoms with van der Waals surface area (Å²) in [6.45, 7) is 5.71. The minimum absolute atomic E-state index is 0.141. The predicted molar refractivity (Wildman–Crippen MR) is 136 cm³/mol. The Balaban J connectivity index is 2.36. The van der Waals surface area contributed by atoms with Crippen LogP contribution in [0, 0.1) is 5.92 Å². The van der Waals surface area contributed by atoms with Gasteiger partial charge in [0.25, 0.3) is 0 Å². The lowest BCUT2D eigenvalue weighted by Crippen LogP contribution is -2.51. The van der Waals surface area contributed by atoms with E-state index in [4.69, 9.17) is 11.6 Å². The number of benzene rings is 2. The van der Waals surface area contributed by atoms with Crippen LogP contribution in [0.15, 0.2) is 53.0 Å². The van der Waals surface area contributed by atoms with E-state index in [1.807, 2.05) is 38.1 Å². The van der Waals surface area contributed by atoms with E-state index >= 15 is 0 Å². The number of nitrogens with one attached hydrogen (secondary N) is 1. The smallest absolute Gasteiger partial charge is 0.244 e. The van der Waals surface area contributed by atoms with Gasteiger partial charge in [0.2, 0.25) is 21.8 Å². The largest absolute Gasteiger partial charge is 0.354 e. The zero-order chi connectivity index (χ0) is 24.8. The van der Waals surface area contributed by atoms with E-state index in [-0.39, 0.29) is 29.1 Å². The first-order chi connectivity index (χ1) is 15.4. The van der Waals surface area contributed by atoms with Crippen LogP contribution >= 0.6 is 27.5 Å². The number of nitrogens with zero attached hydrogens (tertiary/aromatic N) is 2. The Morgan fingerprint density at radius 3 is 2.21 bits per heavy atom. The molecule has 0 saturated carbocycles. The van der Waals surface area contributed by atoms with Crippen LogP contribution in [0.4, 0.5) is 5.69 Å². The number of hydrogen-bond acceptors (Lipinski definition) is 4. The third-order valence-corrected chi connectivity index (χ3v) is 6.89. The molecule has 2 rings (SSSR count). The van der Waals surface area contributed by atoms with Gasteiger partial charge in [-0.3, -0.25) is 13.9 Å². The fourth-order valence-corrected chi connectivity index (χ4v) is 4.48. The maximum atomic E-state index is 13.4. The van der Waals surface area contributed by atoms with Crippen LogP contribution in [0.1, 0.15) is 26.3 Å². The van der Waals surface area contributed by atoms with Crippen molar-refractivity contribution in [1.29, 1.82) is 0 Å². The maximum absolute atomic E-state index is 13.4. The molecule has 0 heterocycles. The summed E-state index contributed by atoms with van der Waals surface area (Å²) in [4.78, 5) is 27.6. The molecule has 0 radical (unpaired) electrons. The predicted octanol–water partition coefficient (Wildman–Crippen LogP) is 4.06. The van der Waals surface area contributed by atoms with Crippen molar-refractivity contribution in [3.05, 3.63) is 63.6 Å². The number of hydrogen-bond donors (Lipinski definition) is 1. The SMILES string of the molecule is CC(C)CNC(=O)[C@@H](C)N(Cc1ccc(Br)cc1)C(=O)CN(c1ccccc1Cl)S(C)(=O)=O. The van der Waals surface area contributed by atoms with Crippen LogP contribution in [-0.2, 0) is 26.2 Å². The minimum atomic E-state index is -3.82. The molecule has 0 saturated heterocycles. The van der Waals surface area contributed by atoms with Gasteiger partial charge in [0.05, 0.1) is 17.0 Å². The van der Waals surface area contributed by atoms with Crippen molar-refractivity contribution in [1.82, 2.24) is 10.2 Å². The second kappa shape index (κ2) is 11.9. The molecule has 33 heavy (non-hydrogen) atoms. The lowest BCUT2D eigenvalue weighted by molar-refractivity contribution is -0.139. The Morgan fingerprint density at radius 2 is 1.67 bits per heavy atom. The first-order valence-corrected chi connectivity index (χ1v) is 13.5. The Labute approximate surface area is 209 Å². The van der Waals surface area contributed by atoms with Gasteiger partial charge in [0, 0.05) is 17.6 Å². The van der Waals surface area contributed by atoms with Gasteiger partial charge >= 0.3 is 0 Å². The number of carbonyl (C=O) groups excluding carboxylic acids is 2. The van der Waals surface area contributed by atoms with Crippen LogP contribution < -0.4 is 9.62 Å². The van der Waals surface area contributed by atoms with E-state index in [1.165, 1.54) is 11.0 Å². The Kier molecular flexibility index (Phi) is 9.75. The van der Waals surface area contributed by atoms with E-state index in [2.05, 4.69) is 21.2 Å². The van der Waals surface area contributed by atoms with E-state index < -0.39 is 28.5 Å². The van der Waals surface area contributed by atoms with Crippen molar-refractivity contribution in [2.45, 2.75) is 33.4 Å². The Hall–Kier alpha value is -2.10. The Bertz CT molecular complexity index is 1080. The summed E-state index contributed by atoms with van der Waals surface area (Å²) in [6.07, 6.45) is 1.02. The zero-order valence-electron chi connectivity index (χ0n) is 19.1. The van der Waals surface area contributed by atoms with Crippen molar-refractivity contribution >= 4 is 55.1 Å². The highest BCUT2D eigenvalue weighted by Gasteiger charge is 2.30. The molecular formula is C23H29BrClN3O4S. The highest BCUT2D eigenvalue weighted by molar-refractivity contribution is 9.10. The molecule has 2 amide bonds. The normalized spacial score (nSPS) is 12.3. The molecule has 7 nitrogen and oxygen atoms in total. The molecule has 1 N–H and O–H groups in total. The zero-order valence-corrected chi connectivity index (χ0v) is 22.2. The summed E-state index contributed by atoms with van der Waals surface area (Å²) in [7, 11) is -3.82. The molecule has 0 unspecified atom stereocenters. The highest BCUT2D eigenvalue weighted by atomic mass is 79.9. The fourth-order valence-electron chi connectivity index (χ4n) is 3.07. The van der Waals surface area contributed by atoms with Gasteiger partial charge in [-0.25, -0.2) is 8.42 Å². The summed E-state index contributed by atoms with van der Waals surface area (Å²) in [6, 6.07) is 13.0. The molecule has 0 spiro atoms. The van der Waals surface area contributed by atoms with Gasteiger partial charge < -0.3 is 10.2 Å². The van der Waals surface area contributed by atoms with Gasteiger partial charge in [-0.15, -0.1) is 0 Å². The molecule has 0 aromatic heterocycles. The molecule has 10 heteroatoms. The number of rotatable bonds is 10. The van der Waals surface area contributed by atoms with Crippen LogP contribution in [0.3, 0.4) is 0 Å². The molecule has 0 aliphatic carbocycles. The second-order valence-corrected chi connectivity index (χ2v) is 11.4. The molecular weight excluding hydrogens is 530 g/mol. The summed E-state index contributed by atoms with van der Waals surface area (Å²) in [5.41, 5.74) is 1.01. The van der Waals surface area contributed by atoms with Crippen LogP contribution in [-0.4, -0.2) is 50.5 Å². The quantitative estimate of drug-likeness (QED) is 0.477. The van der Waals surface area contributed by atoms with Crippen molar-refractivity contribution in [3.63, 3.8) is 0 Å². The van der Waals surface area contributed by atoms with E-state index in [0.717, 1.165) is 20.6 Å². The maximum Gasteiger partial charge on any atom is 0.244 e. The van der Waals surface area contributed by atoms with Gasteiger partial charge in [-0.1, -0.05) is 65.6 Å². The number of carbonyl (C=O) groups is 2. The molecule has 2 aromatic rings. The third-order valence-electron chi connectivity index (χ3n) is 4.92. The second-order valence-electron chi connectivity index (χ2n) is 8.18. The average molecular weight is 559 g/mol. The first kappa shape index (κ1) is 27.1. The first-order valence-electron chi connectivity index (χ1n) is 10.4. The van der Waals surface area contributed by atoms with Crippen molar-refractivity contribution in [2.24, 2.45) is 5.92 Å². The van der Waals surface area contributed by atoms with Gasteiger partial charge in [0.1, 0.15) is 12.6 Å². The van der Waals surface area contributed by atoms with E-state index in [0.29, 0.717) is 6.54 Å². The third kappa shape index (κ3) is 8.01. The van der Waals surface area contributed by atoms with E-state index in [1.54, 1.807) is 25.1 Å². The summed E-state index contributed by atoms with van der Waals surface area (Å²) in [5.74, 6) is -0.578. The number of halogens is 2. The standard InChI is InChI=1S/C23H29BrClN3O4S/c1-16(2)13-26-23(30)17(3)27(14-18-9-11-19(24)12-10-18)22(29)15-28(33(4,31)32)21-8-6-5-7-20(21)25/h5-12,16-17H,13-15H2,1-4H3,(H,26,30)/t17-/m1/s1. The summed E-state index contributed by atoms with van der Waals surface area (Å²) >= 11 is 9.60. The van der Waals surface area contributed by atoms with Gasteiger partial charge in [0.15, 0.2) is 0 Å². The molecule has 1 atom stereocenters. The molecule has 0 aliphatic heterocycles. The lowest BCUT2D eigenvalue weighted by atomic mass is 10.1. The minimum Gasteiger partial charge on any atom is -0.354 e. The Morgan fingerprint density at radius 1 is 1.06 bits per heavy atom. The van der Waals surface area contributed by atoms with E-state index in [9.17, 15) is 18.0 Å². The fraction of sp³-hybridized carbons (Fsp3) is 0.391. The molecule has 0 fully saturated rings. The molecule has 0 aliphatic rings. The van der Waals surface area contributed by atoms with Crippen molar-refractivity contribution in [2.75, 3.05) is 23.7 Å². The van der Waals surface area contributed by atoms with Gasteiger partial charge in [-0.2, -0.15) is 0 Å². The van der Waals surface area contributed by atoms with Crippen molar-refractivity contribution in [3.8, 4) is 0 Å². The number of anilines is 1. The van der Waals surface area contributed by atoms with Crippen LogP contribution in [0.2, 0.25) is 5.02 Å². The van der Waals surface area contributed by atoms with Gasteiger partial charge in [-0.05, 0) is 42.7 Å². The lowest BCUT2D eigenvalue weighted by Gasteiger charge is -2.31. The molecule has 2 aromatic carbocycles. The average Bonchev–Trinajstić information content (AvgIpc) is 2.74. The molecule has 0 bridgehead atoms. The number of sulfonamides is 1.